The standard InChI is InChI=1S/C22H22F3NO3/c1-14(16-9-8-15(23)12-19(16)25)26-20(27)13-29-21(28)22(10-4-5-11-22)17-6-2-3-7-18(17)24/h2-3,6-9,12,14H,4-5,10-11,13H2,1H3,(H,26,27)/t14-/m1/s1. The number of ether oxygens (including phenoxy) is 1. The molecule has 0 heterocycles. The monoisotopic (exact) mass is 405 g/mol. The smallest absolute Gasteiger partial charge is 0.317 e. The zero-order valence-electron chi connectivity index (χ0n) is 16.0. The minimum atomic E-state index is -1.10. The first kappa shape index (κ1) is 20.9. The molecule has 1 N–H and O–H groups in total. The Morgan fingerprint density at radius 1 is 1.07 bits per heavy atom. The lowest BCUT2D eigenvalue weighted by Crippen LogP contribution is -2.38. The molecule has 0 aliphatic heterocycles. The van der Waals surface area contributed by atoms with Crippen LogP contribution >= 0.6 is 0 Å². The average Bonchev–Trinajstić information content (AvgIpc) is 3.17. The van der Waals surface area contributed by atoms with Crippen LogP contribution in [0.25, 0.3) is 0 Å². The molecule has 1 saturated carbocycles. The molecule has 1 amide bonds. The second kappa shape index (κ2) is 8.68. The van der Waals surface area contributed by atoms with Gasteiger partial charge < -0.3 is 10.1 Å². The summed E-state index contributed by atoms with van der Waals surface area (Å²) in [5, 5.41) is 2.51. The highest BCUT2D eigenvalue weighted by Gasteiger charge is 2.46. The Morgan fingerprint density at radius 3 is 2.41 bits per heavy atom. The Labute approximate surface area is 167 Å². The summed E-state index contributed by atoms with van der Waals surface area (Å²) in [7, 11) is 0. The van der Waals surface area contributed by atoms with E-state index in [1.165, 1.54) is 19.1 Å². The van der Waals surface area contributed by atoms with E-state index in [2.05, 4.69) is 5.32 Å². The molecule has 2 aromatic carbocycles. The Balaban J connectivity index is 1.64. The maximum absolute atomic E-state index is 14.3. The quantitative estimate of drug-likeness (QED) is 0.728. The van der Waals surface area contributed by atoms with E-state index >= 15 is 0 Å². The molecule has 0 bridgehead atoms. The van der Waals surface area contributed by atoms with E-state index in [0.717, 1.165) is 25.0 Å². The zero-order chi connectivity index (χ0) is 21.0. The first-order chi connectivity index (χ1) is 13.8. The van der Waals surface area contributed by atoms with Crippen LogP contribution in [0.3, 0.4) is 0 Å². The van der Waals surface area contributed by atoms with Crippen LogP contribution in [0.15, 0.2) is 42.5 Å². The number of esters is 1. The molecule has 0 spiro atoms. The van der Waals surface area contributed by atoms with Crippen molar-refractivity contribution in [3.05, 3.63) is 71.0 Å². The molecule has 0 aromatic heterocycles. The summed E-state index contributed by atoms with van der Waals surface area (Å²) in [5.41, 5.74) is -0.699. The largest absolute Gasteiger partial charge is 0.455 e. The van der Waals surface area contributed by atoms with Crippen molar-refractivity contribution < 1.29 is 27.5 Å². The van der Waals surface area contributed by atoms with Crippen LogP contribution < -0.4 is 5.32 Å². The van der Waals surface area contributed by atoms with Crippen molar-refractivity contribution in [2.45, 2.75) is 44.1 Å². The van der Waals surface area contributed by atoms with E-state index in [-0.39, 0.29) is 11.1 Å². The first-order valence-electron chi connectivity index (χ1n) is 9.50. The minimum Gasteiger partial charge on any atom is -0.455 e. The summed E-state index contributed by atoms with van der Waals surface area (Å²) in [4.78, 5) is 25.0. The number of hydrogen-bond acceptors (Lipinski definition) is 3. The molecule has 1 fully saturated rings. The summed E-state index contributed by atoms with van der Waals surface area (Å²) in [6, 6.07) is 8.42. The Morgan fingerprint density at radius 2 is 1.76 bits per heavy atom. The van der Waals surface area contributed by atoms with Gasteiger partial charge in [0, 0.05) is 17.2 Å². The fourth-order valence-corrected chi connectivity index (χ4v) is 3.89. The summed E-state index contributed by atoms with van der Waals surface area (Å²) in [6.45, 7) is 0.968. The van der Waals surface area contributed by atoms with Gasteiger partial charge in [-0.15, -0.1) is 0 Å². The maximum Gasteiger partial charge on any atom is 0.317 e. The number of carbonyl (C=O) groups excluding carboxylic acids is 2. The van der Waals surface area contributed by atoms with Gasteiger partial charge in [-0.05, 0) is 31.9 Å². The van der Waals surface area contributed by atoms with Crippen LogP contribution in [-0.2, 0) is 19.7 Å². The molecule has 7 heteroatoms. The number of rotatable bonds is 6. The zero-order valence-corrected chi connectivity index (χ0v) is 16.0. The highest BCUT2D eigenvalue weighted by atomic mass is 19.1. The van der Waals surface area contributed by atoms with Crippen molar-refractivity contribution in [1.82, 2.24) is 5.32 Å². The number of hydrogen-bond donors (Lipinski definition) is 1. The van der Waals surface area contributed by atoms with Crippen LogP contribution in [0.4, 0.5) is 13.2 Å². The van der Waals surface area contributed by atoms with Crippen molar-refractivity contribution in [3.8, 4) is 0 Å². The summed E-state index contributed by atoms with van der Waals surface area (Å²) in [5.74, 6) is -3.24. The normalized spacial score (nSPS) is 16.3. The maximum atomic E-state index is 14.3. The fourth-order valence-electron chi connectivity index (χ4n) is 3.89. The van der Waals surface area contributed by atoms with Crippen LogP contribution in [0.2, 0.25) is 0 Å². The van der Waals surface area contributed by atoms with E-state index in [4.69, 9.17) is 4.74 Å². The molecule has 0 saturated heterocycles. The summed E-state index contributed by atoms with van der Waals surface area (Å²) in [6.07, 6.45) is 2.42. The van der Waals surface area contributed by atoms with Crippen LogP contribution in [0.1, 0.15) is 49.8 Å². The summed E-state index contributed by atoms with van der Waals surface area (Å²) < 4.78 is 46.4. The number of benzene rings is 2. The SMILES string of the molecule is C[C@@H](NC(=O)COC(=O)C1(c2ccccc2F)CCCC1)c1ccc(F)cc1F. The van der Waals surface area contributed by atoms with Crippen molar-refractivity contribution in [3.63, 3.8) is 0 Å². The van der Waals surface area contributed by atoms with Gasteiger partial charge in [0.15, 0.2) is 6.61 Å². The van der Waals surface area contributed by atoms with Crippen molar-refractivity contribution in [2.24, 2.45) is 0 Å². The highest BCUT2D eigenvalue weighted by molar-refractivity contribution is 5.87. The van der Waals surface area contributed by atoms with Gasteiger partial charge in [0.25, 0.3) is 5.91 Å². The molecule has 1 atom stereocenters. The molecule has 2 aromatic rings. The number of carbonyl (C=O) groups is 2. The molecule has 29 heavy (non-hydrogen) atoms. The summed E-state index contributed by atoms with van der Waals surface area (Å²) >= 11 is 0. The van der Waals surface area contributed by atoms with E-state index in [1.54, 1.807) is 18.2 Å². The average molecular weight is 405 g/mol. The second-order valence-corrected chi connectivity index (χ2v) is 7.30. The van der Waals surface area contributed by atoms with Gasteiger partial charge in [0.05, 0.1) is 11.5 Å². The van der Waals surface area contributed by atoms with E-state index in [9.17, 15) is 22.8 Å². The molecule has 1 aliphatic rings. The van der Waals surface area contributed by atoms with Crippen molar-refractivity contribution in [1.29, 1.82) is 0 Å². The van der Waals surface area contributed by atoms with Crippen LogP contribution in [0, 0.1) is 17.5 Å². The molecule has 3 rings (SSSR count). The molecular formula is C22H22F3NO3. The first-order valence-corrected chi connectivity index (χ1v) is 9.50. The Hall–Kier alpha value is -2.83. The van der Waals surface area contributed by atoms with E-state index in [1.807, 2.05) is 0 Å². The third kappa shape index (κ3) is 4.44. The molecule has 4 nitrogen and oxygen atoms in total. The topological polar surface area (TPSA) is 55.4 Å². The van der Waals surface area contributed by atoms with Gasteiger partial charge in [0.2, 0.25) is 0 Å². The molecule has 1 aliphatic carbocycles. The van der Waals surface area contributed by atoms with E-state index in [0.29, 0.717) is 12.8 Å². The van der Waals surface area contributed by atoms with Crippen LogP contribution in [0.5, 0.6) is 0 Å². The van der Waals surface area contributed by atoms with Gasteiger partial charge >= 0.3 is 5.97 Å². The lowest BCUT2D eigenvalue weighted by atomic mass is 9.78. The third-order valence-corrected chi connectivity index (χ3v) is 5.38. The Bertz CT molecular complexity index is 910. The van der Waals surface area contributed by atoms with Crippen LogP contribution in [-0.4, -0.2) is 18.5 Å². The second-order valence-electron chi connectivity index (χ2n) is 7.30. The predicted molar refractivity (Wildman–Crippen MR) is 100 cm³/mol. The molecule has 0 radical (unpaired) electrons. The van der Waals surface area contributed by atoms with Crippen molar-refractivity contribution in [2.75, 3.05) is 6.61 Å². The van der Waals surface area contributed by atoms with Gasteiger partial charge in [-0.2, -0.15) is 0 Å². The molecular weight excluding hydrogens is 383 g/mol. The van der Waals surface area contributed by atoms with Crippen molar-refractivity contribution >= 4 is 11.9 Å². The molecule has 0 unspecified atom stereocenters. The van der Waals surface area contributed by atoms with Gasteiger partial charge in [0.1, 0.15) is 17.5 Å². The number of halogens is 3. The van der Waals surface area contributed by atoms with Gasteiger partial charge in [-0.1, -0.05) is 37.1 Å². The Kier molecular flexibility index (Phi) is 6.25. The fraction of sp³-hybridized carbons (Fsp3) is 0.364. The number of amides is 1. The predicted octanol–water partition coefficient (Wildman–Crippen LogP) is 4.34. The van der Waals surface area contributed by atoms with Gasteiger partial charge in [-0.25, -0.2) is 13.2 Å². The minimum absolute atomic E-state index is 0.115. The van der Waals surface area contributed by atoms with E-state index < -0.39 is 47.4 Å². The number of nitrogens with one attached hydrogen (secondary N) is 1. The third-order valence-electron chi connectivity index (χ3n) is 5.38. The lowest BCUT2D eigenvalue weighted by Gasteiger charge is -2.27. The highest BCUT2D eigenvalue weighted by Crippen LogP contribution is 2.43. The lowest BCUT2D eigenvalue weighted by molar-refractivity contribution is -0.154. The van der Waals surface area contributed by atoms with Gasteiger partial charge in [-0.3, -0.25) is 9.59 Å². The molecule has 154 valence electrons.